The van der Waals surface area contributed by atoms with Crippen molar-refractivity contribution in [1.29, 1.82) is 0 Å². The van der Waals surface area contributed by atoms with Gasteiger partial charge in [-0.2, -0.15) is 0 Å². The monoisotopic (exact) mass is 363 g/mol. The van der Waals surface area contributed by atoms with Crippen molar-refractivity contribution in [3.8, 4) is 11.5 Å². The molecule has 5 nitrogen and oxygen atoms in total. The molecule has 0 radical (unpaired) electrons. The van der Waals surface area contributed by atoms with E-state index in [1.807, 2.05) is 25.1 Å². The highest BCUT2D eigenvalue weighted by molar-refractivity contribution is 5.79. The lowest BCUT2D eigenvalue weighted by Gasteiger charge is -2.15. The van der Waals surface area contributed by atoms with Crippen LogP contribution in [0.15, 0.2) is 41.4 Å². The second kappa shape index (κ2) is 9.60. The molecule has 0 aliphatic heterocycles. The van der Waals surface area contributed by atoms with Crippen molar-refractivity contribution < 1.29 is 18.3 Å². The predicted octanol–water partition coefficient (Wildman–Crippen LogP) is 3.24. The maximum Gasteiger partial charge on any atom is 0.191 e. The van der Waals surface area contributed by atoms with Crippen molar-refractivity contribution >= 4 is 5.96 Å². The van der Waals surface area contributed by atoms with Gasteiger partial charge in [0.1, 0.15) is 11.6 Å². The Hall–Kier alpha value is -2.83. The summed E-state index contributed by atoms with van der Waals surface area (Å²) in [5.41, 5.74) is 1.08. The van der Waals surface area contributed by atoms with Crippen LogP contribution in [-0.2, 0) is 13.1 Å². The molecule has 0 aliphatic carbocycles. The van der Waals surface area contributed by atoms with Crippen LogP contribution in [0.3, 0.4) is 0 Å². The second-order valence-electron chi connectivity index (χ2n) is 5.44. The van der Waals surface area contributed by atoms with Crippen LogP contribution in [0, 0.1) is 11.6 Å². The largest absolute Gasteiger partial charge is 0.493 e. The van der Waals surface area contributed by atoms with Gasteiger partial charge >= 0.3 is 0 Å². The molecule has 0 heterocycles. The van der Waals surface area contributed by atoms with Crippen molar-refractivity contribution in [2.24, 2.45) is 4.99 Å². The lowest BCUT2D eigenvalue weighted by atomic mass is 10.2. The molecule has 140 valence electrons. The predicted molar refractivity (Wildman–Crippen MR) is 97.6 cm³/mol. The smallest absolute Gasteiger partial charge is 0.191 e. The fraction of sp³-hybridized carbons (Fsp3) is 0.316. The standard InChI is InChI=1S/C19H23F2N3O2/c1-4-22-19(24-12-14-10-15(20)8-9-16(14)21)23-11-13-6-5-7-17(25-2)18(13)26-3/h5-10H,4,11-12H2,1-3H3,(H2,22,23,24). The van der Waals surface area contributed by atoms with Gasteiger partial charge in [0.2, 0.25) is 0 Å². The highest BCUT2D eigenvalue weighted by Gasteiger charge is 2.10. The lowest BCUT2D eigenvalue weighted by Crippen LogP contribution is -2.36. The number of nitrogens with zero attached hydrogens (tertiary/aromatic N) is 1. The number of nitrogens with one attached hydrogen (secondary N) is 2. The van der Waals surface area contributed by atoms with Gasteiger partial charge in [-0.1, -0.05) is 12.1 Å². The molecule has 0 amide bonds. The first-order chi connectivity index (χ1) is 12.6. The van der Waals surface area contributed by atoms with Crippen LogP contribution in [-0.4, -0.2) is 26.7 Å². The van der Waals surface area contributed by atoms with E-state index in [-0.39, 0.29) is 12.1 Å². The fourth-order valence-corrected chi connectivity index (χ4v) is 2.44. The number of ether oxygens (including phenoxy) is 2. The zero-order chi connectivity index (χ0) is 18.9. The zero-order valence-corrected chi connectivity index (χ0v) is 15.1. The minimum atomic E-state index is -0.490. The summed E-state index contributed by atoms with van der Waals surface area (Å²) in [4.78, 5) is 4.31. The summed E-state index contributed by atoms with van der Waals surface area (Å²) in [5.74, 6) is 0.780. The summed E-state index contributed by atoms with van der Waals surface area (Å²) in [6, 6.07) is 8.92. The molecule has 0 bridgehead atoms. The Morgan fingerprint density at radius 2 is 1.85 bits per heavy atom. The summed E-state index contributed by atoms with van der Waals surface area (Å²) < 4.78 is 37.7. The number of hydrogen-bond acceptors (Lipinski definition) is 3. The van der Waals surface area contributed by atoms with Crippen LogP contribution in [0.25, 0.3) is 0 Å². The average molecular weight is 363 g/mol. The Kier molecular flexibility index (Phi) is 7.20. The maximum atomic E-state index is 13.7. The van der Waals surface area contributed by atoms with Gasteiger partial charge in [-0.3, -0.25) is 0 Å². The number of rotatable bonds is 7. The van der Waals surface area contributed by atoms with Crippen molar-refractivity contribution in [3.63, 3.8) is 0 Å². The minimum Gasteiger partial charge on any atom is -0.493 e. The normalized spacial score (nSPS) is 11.2. The Morgan fingerprint density at radius 3 is 2.54 bits per heavy atom. The molecule has 0 unspecified atom stereocenters. The molecule has 0 saturated heterocycles. The quantitative estimate of drug-likeness (QED) is 0.586. The van der Waals surface area contributed by atoms with Crippen LogP contribution >= 0.6 is 0 Å². The van der Waals surface area contributed by atoms with E-state index >= 15 is 0 Å². The lowest BCUT2D eigenvalue weighted by molar-refractivity contribution is 0.351. The first kappa shape index (κ1) is 19.5. The molecule has 0 saturated carbocycles. The fourth-order valence-electron chi connectivity index (χ4n) is 2.44. The topological polar surface area (TPSA) is 54.9 Å². The SMILES string of the molecule is CCNC(=NCc1cc(F)ccc1F)NCc1cccc(OC)c1OC. The molecule has 2 aromatic rings. The van der Waals surface area contributed by atoms with E-state index in [1.165, 1.54) is 0 Å². The number of halogens is 2. The molecule has 0 fully saturated rings. The van der Waals surface area contributed by atoms with E-state index in [9.17, 15) is 8.78 Å². The summed E-state index contributed by atoms with van der Waals surface area (Å²) in [7, 11) is 3.15. The van der Waals surface area contributed by atoms with Gasteiger partial charge in [-0.05, 0) is 31.2 Å². The van der Waals surface area contributed by atoms with Crippen molar-refractivity contribution in [1.82, 2.24) is 10.6 Å². The Balaban J connectivity index is 2.12. The van der Waals surface area contributed by atoms with Crippen LogP contribution in [0.4, 0.5) is 8.78 Å². The van der Waals surface area contributed by atoms with Gasteiger partial charge in [0.25, 0.3) is 0 Å². The molecule has 2 rings (SSSR count). The molecular weight excluding hydrogens is 340 g/mol. The van der Waals surface area contributed by atoms with Crippen molar-refractivity contribution in [2.75, 3.05) is 20.8 Å². The van der Waals surface area contributed by atoms with E-state index in [0.717, 1.165) is 23.8 Å². The number of benzene rings is 2. The van der Waals surface area contributed by atoms with Crippen LogP contribution in [0.1, 0.15) is 18.1 Å². The minimum absolute atomic E-state index is 0.0220. The summed E-state index contributed by atoms with van der Waals surface area (Å²) in [5, 5.41) is 6.23. The molecule has 0 aromatic heterocycles. The molecule has 0 spiro atoms. The Morgan fingerprint density at radius 1 is 1.04 bits per heavy atom. The van der Waals surface area contributed by atoms with E-state index in [1.54, 1.807) is 14.2 Å². The average Bonchev–Trinajstić information content (AvgIpc) is 2.65. The summed E-state index contributed by atoms with van der Waals surface area (Å²) in [6.45, 7) is 3.00. The molecule has 0 aliphatic rings. The Bertz CT molecular complexity index is 766. The molecular formula is C19H23F2N3O2. The first-order valence-electron chi connectivity index (χ1n) is 8.25. The molecule has 2 N–H and O–H groups in total. The van der Waals surface area contributed by atoms with E-state index in [2.05, 4.69) is 15.6 Å². The van der Waals surface area contributed by atoms with Gasteiger partial charge in [-0.25, -0.2) is 13.8 Å². The second-order valence-corrected chi connectivity index (χ2v) is 5.44. The van der Waals surface area contributed by atoms with Crippen molar-refractivity contribution in [2.45, 2.75) is 20.0 Å². The van der Waals surface area contributed by atoms with Crippen LogP contribution in [0.2, 0.25) is 0 Å². The third kappa shape index (κ3) is 5.08. The zero-order valence-electron chi connectivity index (χ0n) is 15.1. The number of methoxy groups -OCH3 is 2. The van der Waals surface area contributed by atoms with E-state index in [4.69, 9.17) is 9.47 Å². The highest BCUT2D eigenvalue weighted by Crippen LogP contribution is 2.30. The van der Waals surface area contributed by atoms with Gasteiger partial charge < -0.3 is 20.1 Å². The summed E-state index contributed by atoms with van der Waals surface area (Å²) >= 11 is 0. The molecule has 2 aromatic carbocycles. The molecule has 7 heteroatoms. The number of para-hydroxylation sites is 1. The number of aliphatic imine (C=N–C) groups is 1. The highest BCUT2D eigenvalue weighted by atomic mass is 19.1. The van der Waals surface area contributed by atoms with Crippen LogP contribution < -0.4 is 20.1 Å². The first-order valence-corrected chi connectivity index (χ1v) is 8.25. The summed E-state index contributed by atoms with van der Waals surface area (Å²) in [6.07, 6.45) is 0. The van der Waals surface area contributed by atoms with E-state index < -0.39 is 11.6 Å². The number of hydrogen-bond donors (Lipinski definition) is 2. The molecule has 26 heavy (non-hydrogen) atoms. The van der Waals surface area contributed by atoms with Gasteiger partial charge in [0.05, 0.1) is 20.8 Å². The third-order valence-corrected chi connectivity index (χ3v) is 3.69. The van der Waals surface area contributed by atoms with Crippen molar-refractivity contribution in [3.05, 3.63) is 59.2 Å². The van der Waals surface area contributed by atoms with Gasteiger partial charge in [-0.15, -0.1) is 0 Å². The molecule has 0 atom stereocenters. The number of guanidine groups is 1. The third-order valence-electron chi connectivity index (χ3n) is 3.69. The van der Waals surface area contributed by atoms with Gasteiger partial charge in [0.15, 0.2) is 17.5 Å². The van der Waals surface area contributed by atoms with Gasteiger partial charge in [0, 0.05) is 24.2 Å². The van der Waals surface area contributed by atoms with E-state index in [0.29, 0.717) is 30.5 Å². The van der Waals surface area contributed by atoms with Crippen LogP contribution in [0.5, 0.6) is 11.5 Å². The Labute approximate surface area is 152 Å². The maximum absolute atomic E-state index is 13.7.